The molecule has 0 atom stereocenters. The molecule has 0 saturated carbocycles. The summed E-state index contributed by atoms with van der Waals surface area (Å²) in [5, 5.41) is 3.36. The van der Waals surface area contributed by atoms with Gasteiger partial charge in [0, 0.05) is 38.8 Å². The lowest BCUT2D eigenvalue weighted by Crippen LogP contribution is -2.45. The van der Waals surface area contributed by atoms with Crippen LogP contribution in [0.3, 0.4) is 0 Å². The summed E-state index contributed by atoms with van der Waals surface area (Å²) < 4.78 is 32.1. The molecule has 1 aromatic rings. The Morgan fingerprint density at radius 1 is 1.36 bits per heavy atom. The van der Waals surface area contributed by atoms with Crippen molar-refractivity contribution in [3.63, 3.8) is 0 Å². The molecule has 140 valence electrons. The van der Waals surface area contributed by atoms with Crippen LogP contribution in [0.15, 0.2) is 18.2 Å². The Kier molecular flexibility index (Phi) is 6.67. The third-order valence-electron chi connectivity index (χ3n) is 4.32. The highest BCUT2D eigenvalue weighted by molar-refractivity contribution is 7.86. The molecule has 0 aliphatic carbocycles. The van der Waals surface area contributed by atoms with Crippen molar-refractivity contribution in [2.45, 2.75) is 12.8 Å². The van der Waals surface area contributed by atoms with E-state index in [-0.39, 0.29) is 11.8 Å². The maximum absolute atomic E-state index is 12.4. The van der Waals surface area contributed by atoms with E-state index in [1.807, 2.05) is 0 Å². The van der Waals surface area contributed by atoms with Gasteiger partial charge in [0.1, 0.15) is 5.75 Å². The standard InChI is InChI=1S/C16H24ClN3O4S/c1-19(2)25(22,23)20-8-6-12(7-9-20)11-18-16(21)14-10-13(17)4-5-15(14)24-3/h4-5,10,12H,6-9,11H2,1-3H3,(H,18,21). The lowest BCUT2D eigenvalue weighted by molar-refractivity contribution is 0.0938. The van der Waals surface area contributed by atoms with Gasteiger partial charge in [0.05, 0.1) is 12.7 Å². The number of benzene rings is 1. The highest BCUT2D eigenvalue weighted by Gasteiger charge is 2.29. The van der Waals surface area contributed by atoms with Crippen LogP contribution in [0.4, 0.5) is 0 Å². The van der Waals surface area contributed by atoms with E-state index >= 15 is 0 Å². The second kappa shape index (κ2) is 8.35. The molecule has 1 fully saturated rings. The topological polar surface area (TPSA) is 79.0 Å². The third kappa shape index (κ3) is 4.84. The van der Waals surface area contributed by atoms with Gasteiger partial charge in [-0.1, -0.05) is 11.6 Å². The molecule has 9 heteroatoms. The number of piperidine rings is 1. The van der Waals surface area contributed by atoms with E-state index in [1.165, 1.54) is 29.8 Å². The highest BCUT2D eigenvalue weighted by atomic mass is 35.5. The van der Waals surface area contributed by atoms with E-state index in [9.17, 15) is 13.2 Å². The predicted molar refractivity (Wildman–Crippen MR) is 97.2 cm³/mol. The Hall–Kier alpha value is -1.35. The monoisotopic (exact) mass is 389 g/mol. The van der Waals surface area contributed by atoms with Crippen molar-refractivity contribution in [3.8, 4) is 5.75 Å². The van der Waals surface area contributed by atoms with Crippen molar-refractivity contribution < 1.29 is 17.9 Å². The first-order valence-electron chi connectivity index (χ1n) is 8.05. The van der Waals surface area contributed by atoms with Crippen molar-refractivity contribution in [2.75, 3.05) is 40.8 Å². The Balaban J connectivity index is 1.89. The number of amides is 1. The maximum Gasteiger partial charge on any atom is 0.281 e. The van der Waals surface area contributed by atoms with E-state index in [2.05, 4.69) is 5.32 Å². The number of carbonyl (C=O) groups excluding carboxylic acids is 1. The van der Waals surface area contributed by atoms with Gasteiger partial charge in [-0.3, -0.25) is 4.79 Å². The lowest BCUT2D eigenvalue weighted by Gasteiger charge is -2.32. The van der Waals surface area contributed by atoms with Gasteiger partial charge in [0.15, 0.2) is 0 Å². The molecule has 1 N–H and O–H groups in total. The predicted octanol–water partition coefficient (Wildman–Crippen LogP) is 1.60. The Bertz CT molecular complexity index is 716. The number of nitrogens with one attached hydrogen (secondary N) is 1. The number of methoxy groups -OCH3 is 1. The van der Waals surface area contributed by atoms with Crippen LogP contribution in [-0.4, -0.2) is 63.8 Å². The lowest BCUT2D eigenvalue weighted by atomic mass is 9.98. The van der Waals surface area contributed by atoms with Gasteiger partial charge >= 0.3 is 0 Å². The van der Waals surface area contributed by atoms with Crippen molar-refractivity contribution in [3.05, 3.63) is 28.8 Å². The fourth-order valence-electron chi connectivity index (χ4n) is 2.76. The molecule has 1 aliphatic heterocycles. The van der Waals surface area contributed by atoms with Gasteiger partial charge in [0.2, 0.25) is 0 Å². The van der Waals surface area contributed by atoms with Gasteiger partial charge in [-0.2, -0.15) is 17.0 Å². The van der Waals surface area contributed by atoms with Gasteiger partial charge in [-0.15, -0.1) is 0 Å². The summed E-state index contributed by atoms with van der Waals surface area (Å²) in [6, 6.07) is 4.89. The first-order valence-corrected chi connectivity index (χ1v) is 9.82. The molecular formula is C16H24ClN3O4S. The fourth-order valence-corrected chi connectivity index (χ4v) is 4.07. The smallest absolute Gasteiger partial charge is 0.281 e. The summed E-state index contributed by atoms with van der Waals surface area (Å²) in [6.07, 6.45) is 1.42. The van der Waals surface area contributed by atoms with E-state index < -0.39 is 10.2 Å². The largest absolute Gasteiger partial charge is 0.496 e. The van der Waals surface area contributed by atoms with Crippen LogP contribution in [0.1, 0.15) is 23.2 Å². The molecule has 1 aromatic carbocycles. The van der Waals surface area contributed by atoms with Crippen LogP contribution in [-0.2, 0) is 10.2 Å². The number of rotatable bonds is 6. The number of hydrogen-bond donors (Lipinski definition) is 1. The highest BCUT2D eigenvalue weighted by Crippen LogP contribution is 2.23. The zero-order valence-electron chi connectivity index (χ0n) is 14.7. The summed E-state index contributed by atoms with van der Waals surface area (Å²) in [4.78, 5) is 12.4. The molecule has 2 rings (SSSR count). The Morgan fingerprint density at radius 3 is 2.56 bits per heavy atom. The van der Waals surface area contributed by atoms with E-state index in [1.54, 1.807) is 18.2 Å². The first kappa shape index (κ1) is 20.0. The molecule has 0 spiro atoms. The van der Waals surface area contributed by atoms with Crippen LogP contribution in [0.2, 0.25) is 5.02 Å². The average molecular weight is 390 g/mol. The van der Waals surface area contributed by atoms with Gasteiger partial charge < -0.3 is 10.1 Å². The minimum absolute atomic E-state index is 0.239. The molecule has 1 heterocycles. The zero-order chi connectivity index (χ0) is 18.6. The first-order chi connectivity index (χ1) is 11.8. The number of carbonyl (C=O) groups is 1. The third-order valence-corrected chi connectivity index (χ3v) is 6.49. The van der Waals surface area contributed by atoms with Crippen LogP contribution in [0.25, 0.3) is 0 Å². The molecule has 1 saturated heterocycles. The summed E-state index contributed by atoms with van der Waals surface area (Å²) >= 11 is 5.95. The molecule has 0 unspecified atom stereocenters. The van der Waals surface area contributed by atoms with Crippen LogP contribution >= 0.6 is 11.6 Å². The van der Waals surface area contributed by atoms with Crippen molar-refractivity contribution in [1.29, 1.82) is 0 Å². The normalized spacial score (nSPS) is 16.8. The second-order valence-electron chi connectivity index (χ2n) is 6.19. The summed E-state index contributed by atoms with van der Waals surface area (Å²) in [7, 11) is 1.19. The van der Waals surface area contributed by atoms with E-state index in [4.69, 9.17) is 16.3 Å². The SMILES string of the molecule is COc1ccc(Cl)cc1C(=O)NCC1CCN(S(=O)(=O)N(C)C)CC1. The fraction of sp³-hybridized carbons (Fsp3) is 0.562. The van der Waals surface area contributed by atoms with Crippen LogP contribution in [0.5, 0.6) is 5.75 Å². The molecule has 1 aliphatic rings. The van der Waals surface area contributed by atoms with Gasteiger partial charge in [0.25, 0.3) is 16.1 Å². The van der Waals surface area contributed by atoms with E-state index in [0.29, 0.717) is 48.8 Å². The molecule has 0 aromatic heterocycles. The van der Waals surface area contributed by atoms with Crippen molar-refractivity contribution in [2.24, 2.45) is 5.92 Å². The molecule has 7 nitrogen and oxygen atoms in total. The molecule has 25 heavy (non-hydrogen) atoms. The molecule has 0 bridgehead atoms. The minimum atomic E-state index is -3.36. The number of halogens is 1. The Morgan fingerprint density at radius 2 is 2.00 bits per heavy atom. The number of nitrogens with zero attached hydrogens (tertiary/aromatic N) is 2. The second-order valence-corrected chi connectivity index (χ2v) is 8.77. The Labute approximate surface area is 154 Å². The summed E-state index contributed by atoms with van der Waals surface area (Å²) in [6.45, 7) is 1.41. The quantitative estimate of drug-likeness (QED) is 0.801. The number of ether oxygens (including phenoxy) is 1. The summed E-state index contributed by atoms with van der Waals surface area (Å²) in [5.74, 6) is 0.458. The van der Waals surface area contributed by atoms with Crippen LogP contribution < -0.4 is 10.1 Å². The zero-order valence-corrected chi connectivity index (χ0v) is 16.2. The van der Waals surface area contributed by atoms with Crippen LogP contribution in [0, 0.1) is 5.92 Å². The minimum Gasteiger partial charge on any atom is -0.496 e. The molecular weight excluding hydrogens is 366 g/mol. The van der Waals surface area contributed by atoms with Gasteiger partial charge in [-0.05, 0) is 37.0 Å². The number of hydrogen-bond acceptors (Lipinski definition) is 4. The molecule has 0 radical (unpaired) electrons. The van der Waals surface area contributed by atoms with Crippen molar-refractivity contribution >= 4 is 27.7 Å². The van der Waals surface area contributed by atoms with Crippen molar-refractivity contribution in [1.82, 2.24) is 13.9 Å². The maximum atomic E-state index is 12.4. The van der Waals surface area contributed by atoms with E-state index in [0.717, 1.165) is 0 Å². The van der Waals surface area contributed by atoms with Gasteiger partial charge in [-0.25, -0.2) is 0 Å². The summed E-state index contributed by atoms with van der Waals surface area (Å²) in [5.41, 5.74) is 0.391. The molecule has 1 amide bonds. The average Bonchev–Trinajstić information content (AvgIpc) is 2.59.